The van der Waals surface area contributed by atoms with Gasteiger partial charge in [0, 0.05) is 17.5 Å². The fourth-order valence-corrected chi connectivity index (χ4v) is 3.33. The predicted octanol–water partition coefficient (Wildman–Crippen LogP) is 4.31. The number of ether oxygens (including phenoxy) is 1. The standard InChI is InChI=1S/C20H20N2O2S/c1-2-24-17-10-8-16(9-11-17)13-19(23)22-20-21-14-18(25-20)12-15-6-4-3-5-7-15/h3-11,14H,2,12-13H2,1H3,(H,21,22,23). The number of aromatic nitrogens is 1. The molecule has 3 aromatic rings. The molecule has 3 rings (SSSR count). The maximum absolute atomic E-state index is 12.2. The smallest absolute Gasteiger partial charge is 0.230 e. The second kappa shape index (κ2) is 8.44. The van der Waals surface area contributed by atoms with Crippen molar-refractivity contribution in [2.75, 3.05) is 11.9 Å². The highest BCUT2D eigenvalue weighted by Gasteiger charge is 2.08. The monoisotopic (exact) mass is 352 g/mol. The van der Waals surface area contributed by atoms with Crippen molar-refractivity contribution in [1.29, 1.82) is 0 Å². The lowest BCUT2D eigenvalue weighted by atomic mass is 10.1. The maximum Gasteiger partial charge on any atom is 0.230 e. The Morgan fingerprint density at radius 3 is 2.56 bits per heavy atom. The molecule has 0 radical (unpaired) electrons. The Hall–Kier alpha value is -2.66. The minimum Gasteiger partial charge on any atom is -0.494 e. The number of nitrogens with one attached hydrogen (secondary N) is 1. The van der Waals surface area contributed by atoms with E-state index in [1.807, 2.05) is 55.6 Å². The minimum atomic E-state index is -0.0650. The van der Waals surface area contributed by atoms with Crippen LogP contribution >= 0.6 is 11.3 Å². The van der Waals surface area contributed by atoms with Crippen molar-refractivity contribution in [1.82, 2.24) is 4.98 Å². The number of thiazole rings is 1. The van der Waals surface area contributed by atoms with Gasteiger partial charge in [-0.2, -0.15) is 0 Å². The number of carbonyl (C=O) groups excluding carboxylic acids is 1. The van der Waals surface area contributed by atoms with Crippen LogP contribution in [0.2, 0.25) is 0 Å². The number of rotatable bonds is 7. The van der Waals surface area contributed by atoms with E-state index in [-0.39, 0.29) is 5.91 Å². The quantitative estimate of drug-likeness (QED) is 0.689. The average molecular weight is 352 g/mol. The fraction of sp³-hybridized carbons (Fsp3) is 0.200. The van der Waals surface area contributed by atoms with Crippen molar-refractivity contribution in [3.05, 3.63) is 76.8 Å². The summed E-state index contributed by atoms with van der Waals surface area (Å²) in [6, 6.07) is 17.8. The first-order valence-corrected chi connectivity index (χ1v) is 9.05. The summed E-state index contributed by atoms with van der Waals surface area (Å²) < 4.78 is 5.40. The highest BCUT2D eigenvalue weighted by Crippen LogP contribution is 2.21. The molecule has 1 N–H and O–H groups in total. The Kier molecular flexibility index (Phi) is 5.80. The summed E-state index contributed by atoms with van der Waals surface area (Å²) in [7, 11) is 0. The molecule has 25 heavy (non-hydrogen) atoms. The Morgan fingerprint density at radius 1 is 1.08 bits per heavy atom. The SMILES string of the molecule is CCOc1ccc(CC(=O)Nc2ncc(Cc3ccccc3)s2)cc1. The first kappa shape index (κ1) is 17.2. The van der Waals surface area contributed by atoms with Gasteiger partial charge in [-0.3, -0.25) is 4.79 Å². The van der Waals surface area contributed by atoms with Crippen molar-refractivity contribution in [2.24, 2.45) is 0 Å². The number of carbonyl (C=O) groups is 1. The average Bonchev–Trinajstić information content (AvgIpc) is 3.04. The Balaban J connectivity index is 1.54. The predicted molar refractivity (Wildman–Crippen MR) is 101 cm³/mol. The van der Waals surface area contributed by atoms with E-state index >= 15 is 0 Å². The minimum absolute atomic E-state index is 0.0650. The topological polar surface area (TPSA) is 51.2 Å². The summed E-state index contributed by atoms with van der Waals surface area (Å²) in [5.41, 5.74) is 2.18. The third-order valence-electron chi connectivity index (χ3n) is 3.62. The van der Waals surface area contributed by atoms with E-state index in [2.05, 4.69) is 22.4 Å². The normalized spacial score (nSPS) is 10.4. The number of benzene rings is 2. The first-order chi connectivity index (χ1) is 12.2. The van der Waals surface area contributed by atoms with Gasteiger partial charge in [0.25, 0.3) is 0 Å². The summed E-state index contributed by atoms with van der Waals surface area (Å²) in [5.74, 6) is 0.752. The van der Waals surface area contributed by atoms with Crippen molar-refractivity contribution >= 4 is 22.4 Å². The molecule has 1 amide bonds. The van der Waals surface area contributed by atoms with Gasteiger partial charge in [0.2, 0.25) is 5.91 Å². The molecule has 0 fully saturated rings. The zero-order valence-corrected chi connectivity index (χ0v) is 14.9. The van der Waals surface area contributed by atoms with Gasteiger partial charge in [0.05, 0.1) is 13.0 Å². The highest BCUT2D eigenvalue weighted by atomic mass is 32.1. The molecule has 0 aliphatic carbocycles. The van der Waals surface area contributed by atoms with E-state index in [0.29, 0.717) is 18.2 Å². The molecule has 0 atom stereocenters. The molecule has 1 heterocycles. The van der Waals surface area contributed by atoms with Gasteiger partial charge in [0.15, 0.2) is 5.13 Å². The Labute approximate surface area is 151 Å². The molecule has 128 valence electrons. The molecule has 0 saturated carbocycles. The van der Waals surface area contributed by atoms with Crippen LogP contribution in [0.25, 0.3) is 0 Å². The fourth-order valence-electron chi connectivity index (χ4n) is 2.46. The number of hydrogen-bond acceptors (Lipinski definition) is 4. The van der Waals surface area contributed by atoms with Gasteiger partial charge in [-0.05, 0) is 30.2 Å². The maximum atomic E-state index is 12.2. The van der Waals surface area contributed by atoms with E-state index in [4.69, 9.17) is 4.74 Å². The largest absolute Gasteiger partial charge is 0.494 e. The van der Waals surface area contributed by atoms with Gasteiger partial charge >= 0.3 is 0 Å². The van der Waals surface area contributed by atoms with Crippen molar-refractivity contribution in [3.8, 4) is 5.75 Å². The van der Waals surface area contributed by atoms with Crippen LogP contribution in [0.5, 0.6) is 5.75 Å². The summed E-state index contributed by atoms with van der Waals surface area (Å²) >= 11 is 1.51. The Morgan fingerprint density at radius 2 is 1.84 bits per heavy atom. The second-order valence-corrected chi connectivity index (χ2v) is 6.71. The van der Waals surface area contributed by atoms with E-state index in [9.17, 15) is 4.79 Å². The van der Waals surface area contributed by atoms with E-state index in [1.165, 1.54) is 16.9 Å². The third kappa shape index (κ3) is 5.16. The molecule has 5 heteroatoms. The van der Waals surface area contributed by atoms with Crippen LogP contribution in [0.3, 0.4) is 0 Å². The molecule has 0 saturated heterocycles. The summed E-state index contributed by atoms with van der Waals surface area (Å²) in [6.45, 7) is 2.58. The van der Waals surface area contributed by atoms with Crippen molar-refractivity contribution in [2.45, 2.75) is 19.8 Å². The lowest BCUT2D eigenvalue weighted by Crippen LogP contribution is -2.14. The molecule has 0 unspecified atom stereocenters. The molecule has 0 spiro atoms. The molecule has 0 aliphatic heterocycles. The van der Waals surface area contributed by atoms with E-state index < -0.39 is 0 Å². The summed E-state index contributed by atoms with van der Waals surface area (Å²) in [4.78, 5) is 17.6. The van der Waals surface area contributed by atoms with E-state index in [1.54, 1.807) is 0 Å². The second-order valence-electron chi connectivity index (χ2n) is 5.60. The number of nitrogens with zero attached hydrogens (tertiary/aromatic N) is 1. The third-order valence-corrected chi connectivity index (χ3v) is 4.53. The van der Waals surface area contributed by atoms with Gasteiger partial charge < -0.3 is 10.1 Å². The first-order valence-electron chi connectivity index (χ1n) is 8.23. The zero-order valence-electron chi connectivity index (χ0n) is 14.1. The highest BCUT2D eigenvalue weighted by molar-refractivity contribution is 7.15. The molecule has 4 nitrogen and oxygen atoms in total. The van der Waals surface area contributed by atoms with Crippen LogP contribution < -0.4 is 10.1 Å². The van der Waals surface area contributed by atoms with Crippen LogP contribution in [0.15, 0.2) is 60.8 Å². The van der Waals surface area contributed by atoms with Crippen LogP contribution in [0, 0.1) is 0 Å². The molecule has 2 aromatic carbocycles. The molecule has 0 aliphatic rings. The van der Waals surface area contributed by atoms with Gasteiger partial charge in [0.1, 0.15) is 5.75 Å². The zero-order chi connectivity index (χ0) is 17.5. The van der Waals surface area contributed by atoms with Gasteiger partial charge in [-0.25, -0.2) is 4.98 Å². The van der Waals surface area contributed by atoms with Crippen molar-refractivity contribution in [3.63, 3.8) is 0 Å². The Bertz CT molecular complexity index is 813. The van der Waals surface area contributed by atoms with Gasteiger partial charge in [-0.15, -0.1) is 11.3 Å². The molecular formula is C20H20N2O2S. The number of hydrogen-bond donors (Lipinski definition) is 1. The van der Waals surface area contributed by atoms with Crippen LogP contribution in [-0.4, -0.2) is 17.5 Å². The van der Waals surface area contributed by atoms with E-state index in [0.717, 1.165) is 22.6 Å². The molecule has 1 aromatic heterocycles. The summed E-state index contributed by atoms with van der Waals surface area (Å²) in [6.07, 6.45) is 2.97. The summed E-state index contributed by atoms with van der Waals surface area (Å²) in [5, 5.41) is 3.51. The number of anilines is 1. The molecule has 0 bridgehead atoms. The lowest BCUT2D eigenvalue weighted by Gasteiger charge is -2.05. The number of amides is 1. The van der Waals surface area contributed by atoms with Crippen molar-refractivity contribution < 1.29 is 9.53 Å². The van der Waals surface area contributed by atoms with Gasteiger partial charge in [-0.1, -0.05) is 42.5 Å². The van der Waals surface area contributed by atoms with Crippen LogP contribution in [-0.2, 0) is 17.6 Å². The van der Waals surface area contributed by atoms with Crippen LogP contribution in [0.1, 0.15) is 22.9 Å². The molecular weight excluding hydrogens is 332 g/mol. The lowest BCUT2D eigenvalue weighted by molar-refractivity contribution is -0.115. The van der Waals surface area contributed by atoms with Crippen LogP contribution in [0.4, 0.5) is 5.13 Å².